The molecule has 1 N–H and O–H groups in total. The SMILES string of the molecule is Cc1ncc(Cl)cc1C(=O)N[C@H]1CC[C@H](Cn2c(=O)n(-c3ccc(OC4COC4)nc3)c3ccccc32)CC1. The minimum Gasteiger partial charge on any atom is -0.469 e. The molecule has 0 spiro atoms. The maximum Gasteiger partial charge on any atom is 0.333 e. The number of amides is 1. The van der Waals surface area contributed by atoms with Crippen LogP contribution in [0.5, 0.6) is 5.88 Å². The third-order valence-electron chi connectivity index (χ3n) is 7.63. The second-order valence-electron chi connectivity index (χ2n) is 10.3. The average Bonchev–Trinajstić information content (AvgIpc) is 3.20. The summed E-state index contributed by atoms with van der Waals surface area (Å²) in [6.07, 6.45) is 6.81. The molecule has 2 aliphatic rings. The predicted molar refractivity (Wildman–Crippen MR) is 148 cm³/mol. The van der Waals surface area contributed by atoms with Crippen LogP contribution in [0.15, 0.2) is 59.7 Å². The van der Waals surface area contributed by atoms with Crippen LogP contribution in [0.25, 0.3) is 16.7 Å². The number of pyridine rings is 2. The molecule has 6 rings (SSSR count). The number of hydrogen-bond acceptors (Lipinski definition) is 6. The summed E-state index contributed by atoms with van der Waals surface area (Å²) in [4.78, 5) is 35.1. The van der Waals surface area contributed by atoms with Crippen molar-refractivity contribution in [3.8, 4) is 11.6 Å². The number of benzene rings is 1. The van der Waals surface area contributed by atoms with Gasteiger partial charge in [0.15, 0.2) is 0 Å². The van der Waals surface area contributed by atoms with E-state index in [1.165, 1.54) is 0 Å². The van der Waals surface area contributed by atoms with E-state index in [9.17, 15) is 9.59 Å². The Balaban J connectivity index is 1.15. The molecule has 202 valence electrons. The standard InChI is InChI=1S/C29H30ClN5O4/c1-18-24(12-20(30)13-31-18)28(36)33-21-8-6-19(7-9-21)15-34-25-4-2-3-5-26(25)35(29(34)37)22-10-11-27(32-14-22)39-23-16-38-17-23/h2-5,10-14,19,21,23H,6-9,15-17H2,1H3,(H,33,36)/t19-,21-. The molecule has 0 radical (unpaired) electrons. The van der Waals surface area contributed by atoms with Gasteiger partial charge < -0.3 is 14.8 Å². The Morgan fingerprint density at radius 1 is 1.08 bits per heavy atom. The largest absolute Gasteiger partial charge is 0.469 e. The molecule has 2 fully saturated rings. The number of aryl methyl sites for hydroxylation is 1. The number of fused-ring (bicyclic) bond motifs is 1. The quantitative estimate of drug-likeness (QED) is 0.370. The van der Waals surface area contributed by atoms with Gasteiger partial charge in [-0.25, -0.2) is 9.78 Å². The lowest BCUT2D eigenvalue weighted by atomic mass is 9.85. The van der Waals surface area contributed by atoms with Crippen LogP contribution in [0.3, 0.4) is 0 Å². The normalized spacial score (nSPS) is 19.5. The Morgan fingerprint density at radius 2 is 1.85 bits per heavy atom. The summed E-state index contributed by atoms with van der Waals surface area (Å²) in [6.45, 7) is 3.58. The number of para-hydroxylation sites is 2. The van der Waals surface area contributed by atoms with Gasteiger partial charge in [0, 0.05) is 24.8 Å². The molecule has 1 aromatic carbocycles. The number of halogens is 1. The van der Waals surface area contributed by atoms with Gasteiger partial charge >= 0.3 is 5.69 Å². The van der Waals surface area contributed by atoms with Gasteiger partial charge in [-0.15, -0.1) is 0 Å². The van der Waals surface area contributed by atoms with Crippen LogP contribution in [0.2, 0.25) is 5.02 Å². The summed E-state index contributed by atoms with van der Waals surface area (Å²) < 4.78 is 14.5. The van der Waals surface area contributed by atoms with Gasteiger partial charge in [-0.05, 0) is 62.8 Å². The molecule has 1 saturated carbocycles. The van der Waals surface area contributed by atoms with Gasteiger partial charge in [0.05, 0.1) is 52.4 Å². The number of aromatic nitrogens is 4. The zero-order valence-electron chi connectivity index (χ0n) is 21.7. The fourth-order valence-electron chi connectivity index (χ4n) is 5.41. The van der Waals surface area contributed by atoms with Crippen LogP contribution < -0.4 is 15.7 Å². The predicted octanol–water partition coefficient (Wildman–Crippen LogP) is 4.31. The van der Waals surface area contributed by atoms with E-state index in [-0.39, 0.29) is 23.7 Å². The molecular formula is C29H30ClN5O4. The highest BCUT2D eigenvalue weighted by atomic mass is 35.5. The molecule has 3 aromatic heterocycles. The first-order chi connectivity index (χ1) is 19.0. The van der Waals surface area contributed by atoms with Crippen molar-refractivity contribution in [1.82, 2.24) is 24.4 Å². The highest BCUT2D eigenvalue weighted by Gasteiger charge is 2.26. The minimum absolute atomic E-state index is 0.0364. The van der Waals surface area contributed by atoms with Crippen molar-refractivity contribution in [3.05, 3.63) is 81.6 Å². The fourth-order valence-corrected chi connectivity index (χ4v) is 5.57. The molecule has 0 bridgehead atoms. The molecule has 0 unspecified atom stereocenters. The number of nitrogens with one attached hydrogen (secondary N) is 1. The molecule has 1 aliphatic carbocycles. The number of rotatable bonds is 7. The number of carbonyl (C=O) groups excluding carboxylic acids is 1. The number of nitrogens with zero attached hydrogens (tertiary/aromatic N) is 4. The van der Waals surface area contributed by atoms with Crippen molar-refractivity contribution in [2.75, 3.05) is 13.2 Å². The molecule has 10 heteroatoms. The summed E-state index contributed by atoms with van der Waals surface area (Å²) >= 11 is 6.04. The van der Waals surface area contributed by atoms with Gasteiger partial charge in [0.2, 0.25) is 5.88 Å². The maximum atomic E-state index is 13.7. The average molecular weight is 548 g/mol. The van der Waals surface area contributed by atoms with Crippen LogP contribution in [0.4, 0.5) is 0 Å². The summed E-state index contributed by atoms with van der Waals surface area (Å²) in [5, 5.41) is 3.59. The van der Waals surface area contributed by atoms with E-state index >= 15 is 0 Å². The number of carbonyl (C=O) groups is 1. The van der Waals surface area contributed by atoms with E-state index in [1.54, 1.807) is 36.0 Å². The second-order valence-corrected chi connectivity index (χ2v) is 10.8. The molecule has 39 heavy (non-hydrogen) atoms. The molecule has 9 nitrogen and oxygen atoms in total. The molecule has 0 atom stereocenters. The Bertz CT molecular complexity index is 1550. The summed E-state index contributed by atoms with van der Waals surface area (Å²) in [6, 6.07) is 13.3. The lowest BCUT2D eigenvalue weighted by molar-refractivity contribution is -0.0813. The molecule has 1 aliphatic heterocycles. The molecule has 1 amide bonds. The van der Waals surface area contributed by atoms with Crippen LogP contribution in [-0.2, 0) is 11.3 Å². The van der Waals surface area contributed by atoms with Gasteiger partial charge in [-0.2, -0.15) is 0 Å². The first-order valence-electron chi connectivity index (χ1n) is 13.3. The van der Waals surface area contributed by atoms with Crippen LogP contribution in [0.1, 0.15) is 41.7 Å². The topological polar surface area (TPSA) is 100 Å². The summed E-state index contributed by atoms with van der Waals surface area (Å²) in [5.41, 5.74) is 3.52. The smallest absolute Gasteiger partial charge is 0.333 e. The van der Waals surface area contributed by atoms with E-state index in [1.807, 2.05) is 34.9 Å². The maximum absolute atomic E-state index is 13.7. The van der Waals surface area contributed by atoms with Crippen molar-refractivity contribution in [1.29, 1.82) is 0 Å². The number of imidazole rings is 1. The van der Waals surface area contributed by atoms with E-state index < -0.39 is 0 Å². The minimum atomic E-state index is -0.142. The summed E-state index contributed by atoms with van der Waals surface area (Å²) in [5.74, 6) is 0.717. The first-order valence-corrected chi connectivity index (χ1v) is 13.7. The van der Waals surface area contributed by atoms with Gasteiger partial charge in [0.25, 0.3) is 5.91 Å². The molecule has 4 heterocycles. The fraction of sp³-hybridized carbons (Fsp3) is 0.379. The zero-order chi connectivity index (χ0) is 26.9. The van der Waals surface area contributed by atoms with E-state index in [2.05, 4.69) is 15.3 Å². The second kappa shape index (κ2) is 10.8. The Hall–Kier alpha value is -3.69. The third kappa shape index (κ3) is 5.29. The van der Waals surface area contributed by atoms with Crippen molar-refractivity contribution < 1.29 is 14.3 Å². The van der Waals surface area contributed by atoms with Crippen molar-refractivity contribution in [2.24, 2.45) is 5.92 Å². The van der Waals surface area contributed by atoms with Crippen molar-refractivity contribution >= 4 is 28.5 Å². The molecular weight excluding hydrogens is 518 g/mol. The van der Waals surface area contributed by atoms with E-state index in [0.717, 1.165) is 36.7 Å². The number of hydrogen-bond donors (Lipinski definition) is 1. The zero-order valence-corrected chi connectivity index (χ0v) is 22.4. The van der Waals surface area contributed by atoms with Gasteiger partial charge in [-0.1, -0.05) is 23.7 Å². The molecule has 4 aromatic rings. The van der Waals surface area contributed by atoms with Crippen molar-refractivity contribution in [3.63, 3.8) is 0 Å². The van der Waals surface area contributed by atoms with Crippen LogP contribution in [0, 0.1) is 12.8 Å². The first kappa shape index (κ1) is 25.6. The van der Waals surface area contributed by atoms with Crippen molar-refractivity contribution in [2.45, 2.75) is 51.3 Å². The lowest BCUT2D eigenvalue weighted by Crippen LogP contribution is -2.39. The van der Waals surface area contributed by atoms with Gasteiger partial charge in [0.1, 0.15) is 6.10 Å². The molecule has 1 saturated heterocycles. The van der Waals surface area contributed by atoms with Gasteiger partial charge in [-0.3, -0.25) is 18.9 Å². The Kier molecular flexibility index (Phi) is 7.10. The Morgan fingerprint density at radius 3 is 2.54 bits per heavy atom. The van der Waals surface area contributed by atoms with Crippen LogP contribution >= 0.6 is 11.6 Å². The summed E-state index contributed by atoms with van der Waals surface area (Å²) in [7, 11) is 0. The number of ether oxygens (including phenoxy) is 2. The Labute approximate surface area is 230 Å². The van der Waals surface area contributed by atoms with Crippen LogP contribution in [-0.4, -0.2) is 50.4 Å². The highest BCUT2D eigenvalue weighted by molar-refractivity contribution is 6.30. The monoisotopic (exact) mass is 547 g/mol. The highest BCUT2D eigenvalue weighted by Crippen LogP contribution is 2.28. The van der Waals surface area contributed by atoms with E-state index in [4.69, 9.17) is 21.1 Å². The van der Waals surface area contributed by atoms with E-state index in [0.29, 0.717) is 53.5 Å². The third-order valence-corrected chi connectivity index (χ3v) is 7.84. The lowest BCUT2D eigenvalue weighted by Gasteiger charge is -2.29.